The van der Waals surface area contributed by atoms with E-state index in [2.05, 4.69) is 76.4 Å². The third-order valence-electron chi connectivity index (χ3n) is 5.08. The molecule has 4 heteroatoms. The Morgan fingerprint density at radius 2 is 1.63 bits per heavy atom. The van der Waals surface area contributed by atoms with E-state index in [-0.39, 0.29) is 0 Å². The highest BCUT2D eigenvalue weighted by molar-refractivity contribution is 6.08. The minimum atomic E-state index is 0.815. The molecule has 0 aliphatic carbocycles. The Balaban J connectivity index is 1.52. The molecule has 0 aliphatic heterocycles. The van der Waals surface area contributed by atoms with Crippen molar-refractivity contribution in [1.82, 2.24) is 14.9 Å². The van der Waals surface area contributed by atoms with Crippen LogP contribution in [0.25, 0.3) is 21.8 Å². The van der Waals surface area contributed by atoms with Crippen molar-refractivity contribution < 1.29 is 0 Å². The number of hydrogen-bond acceptors (Lipinski definition) is 3. The van der Waals surface area contributed by atoms with Crippen molar-refractivity contribution in [2.45, 2.75) is 26.6 Å². The molecule has 1 N–H and O–H groups in total. The van der Waals surface area contributed by atoms with E-state index in [1.54, 1.807) is 0 Å². The number of anilines is 1. The van der Waals surface area contributed by atoms with Crippen molar-refractivity contribution in [2.75, 3.05) is 19.0 Å². The zero-order valence-electron chi connectivity index (χ0n) is 16.2. The molecule has 2 aromatic heterocycles. The summed E-state index contributed by atoms with van der Waals surface area (Å²) < 4.78 is 2.39. The van der Waals surface area contributed by atoms with Gasteiger partial charge in [-0.2, -0.15) is 0 Å². The van der Waals surface area contributed by atoms with Gasteiger partial charge in [-0.25, -0.2) is 4.98 Å². The number of pyridine rings is 1. The molecule has 4 rings (SSSR count). The molecule has 0 saturated carbocycles. The fourth-order valence-electron chi connectivity index (χ4n) is 3.69. The predicted octanol–water partition coefficient (Wildman–Crippen LogP) is 4.57. The van der Waals surface area contributed by atoms with Crippen LogP contribution in [0.15, 0.2) is 60.8 Å². The largest absolute Gasteiger partial charge is 0.363 e. The van der Waals surface area contributed by atoms with E-state index in [0.717, 1.165) is 25.5 Å². The zero-order valence-corrected chi connectivity index (χ0v) is 16.2. The first-order valence-electron chi connectivity index (χ1n) is 9.50. The van der Waals surface area contributed by atoms with Crippen molar-refractivity contribution in [3.63, 3.8) is 0 Å². The Labute approximate surface area is 160 Å². The van der Waals surface area contributed by atoms with E-state index in [0.29, 0.717) is 0 Å². The molecule has 0 fully saturated rings. The summed E-state index contributed by atoms with van der Waals surface area (Å²) >= 11 is 0. The average Bonchev–Trinajstić information content (AvgIpc) is 3.01. The van der Waals surface area contributed by atoms with Crippen LogP contribution >= 0.6 is 0 Å². The summed E-state index contributed by atoms with van der Waals surface area (Å²) in [6, 6.07) is 19.7. The SMILES string of the molecule is CCn1c2ccccc2c2cc(CNCc3ccc(N(C)C)nc3)ccc21. The van der Waals surface area contributed by atoms with Crippen LogP contribution in [0.1, 0.15) is 18.1 Å². The number of hydrogen-bond donors (Lipinski definition) is 1. The normalized spacial score (nSPS) is 11.4. The van der Waals surface area contributed by atoms with Crippen molar-refractivity contribution in [1.29, 1.82) is 0 Å². The molecule has 0 unspecified atom stereocenters. The fourth-order valence-corrected chi connectivity index (χ4v) is 3.69. The Hall–Kier alpha value is -2.85. The van der Waals surface area contributed by atoms with E-state index in [1.165, 1.54) is 32.9 Å². The Bertz CT molecular complexity index is 1060. The molecule has 0 aliphatic rings. The second-order valence-corrected chi connectivity index (χ2v) is 7.14. The molecule has 2 heterocycles. The van der Waals surface area contributed by atoms with Crippen molar-refractivity contribution >= 4 is 27.6 Å². The van der Waals surface area contributed by atoms with Gasteiger partial charge in [0.15, 0.2) is 0 Å². The molecule has 138 valence electrons. The van der Waals surface area contributed by atoms with Crippen LogP contribution < -0.4 is 10.2 Å². The number of nitrogens with zero attached hydrogens (tertiary/aromatic N) is 3. The summed E-state index contributed by atoms with van der Waals surface area (Å²) in [4.78, 5) is 6.49. The highest BCUT2D eigenvalue weighted by Crippen LogP contribution is 2.29. The lowest BCUT2D eigenvalue weighted by molar-refractivity contribution is 0.692. The molecule has 0 radical (unpaired) electrons. The Morgan fingerprint density at radius 1 is 0.889 bits per heavy atom. The topological polar surface area (TPSA) is 33.1 Å². The van der Waals surface area contributed by atoms with Gasteiger partial charge in [0.25, 0.3) is 0 Å². The summed E-state index contributed by atoms with van der Waals surface area (Å²) in [5.74, 6) is 0.983. The second-order valence-electron chi connectivity index (χ2n) is 7.14. The van der Waals surface area contributed by atoms with Gasteiger partial charge in [-0.3, -0.25) is 0 Å². The van der Waals surface area contributed by atoms with E-state index in [9.17, 15) is 0 Å². The smallest absolute Gasteiger partial charge is 0.127 e. The lowest BCUT2D eigenvalue weighted by Crippen LogP contribution is -2.14. The van der Waals surface area contributed by atoms with Crippen molar-refractivity contribution in [3.8, 4) is 0 Å². The van der Waals surface area contributed by atoms with Gasteiger partial charge in [-0.15, -0.1) is 0 Å². The van der Waals surface area contributed by atoms with Crippen LogP contribution in [0, 0.1) is 0 Å². The fraction of sp³-hybridized carbons (Fsp3) is 0.261. The maximum absolute atomic E-state index is 4.47. The molecule has 0 atom stereocenters. The molecule has 0 spiro atoms. The highest BCUT2D eigenvalue weighted by atomic mass is 15.1. The van der Waals surface area contributed by atoms with Crippen LogP contribution in [0.4, 0.5) is 5.82 Å². The monoisotopic (exact) mass is 358 g/mol. The number of fused-ring (bicyclic) bond motifs is 3. The molecule has 4 nitrogen and oxygen atoms in total. The standard InChI is InChI=1S/C23H26N4/c1-4-27-21-8-6-5-7-19(21)20-13-17(9-11-22(20)27)14-24-15-18-10-12-23(25-16-18)26(2)3/h5-13,16,24H,4,14-15H2,1-3H3. The molecule has 4 aromatic rings. The first-order chi connectivity index (χ1) is 13.2. The maximum atomic E-state index is 4.47. The van der Waals surface area contributed by atoms with E-state index in [4.69, 9.17) is 0 Å². The molecule has 0 amide bonds. The Morgan fingerprint density at radius 3 is 2.37 bits per heavy atom. The summed E-state index contributed by atoms with van der Waals surface area (Å²) in [6.07, 6.45) is 1.94. The van der Waals surface area contributed by atoms with Gasteiger partial charge in [0, 0.05) is 61.7 Å². The first-order valence-corrected chi connectivity index (χ1v) is 9.50. The average molecular weight is 358 g/mol. The number of aromatic nitrogens is 2. The third-order valence-corrected chi connectivity index (χ3v) is 5.08. The summed E-state index contributed by atoms with van der Waals surface area (Å²) in [7, 11) is 4.01. The minimum absolute atomic E-state index is 0.815. The third kappa shape index (κ3) is 3.40. The molecule has 0 saturated heterocycles. The van der Waals surface area contributed by atoms with Crippen LogP contribution in [0.5, 0.6) is 0 Å². The van der Waals surface area contributed by atoms with Gasteiger partial charge < -0.3 is 14.8 Å². The number of benzene rings is 2. The number of nitrogens with one attached hydrogen (secondary N) is 1. The molecule has 27 heavy (non-hydrogen) atoms. The van der Waals surface area contributed by atoms with E-state index in [1.807, 2.05) is 25.2 Å². The maximum Gasteiger partial charge on any atom is 0.127 e. The van der Waals surface area contributed by atoms with Gasteiger partial charge in [0.05, 0.1) is 0 Å². The van der Waals surface area contributed by atoms with E-state index >= 15 is 0 Å². The predicted molar refractivity (Wildman–Crippen MR) is 114 cm³/mol. The molecular formula is C23H26N4. The van der Waals surface area contributed by atoms with Crippen molar-refractivity contribution in [2.24, 2.45) is 0 Å². The van der Waals surface area contributed by atoms with Gasteiger partial charge in [0.2, 0.25) is 0 Å². The minimum Gasteiger partial charge on any atom is -0.363 e. The van der Waals surface area contributed by atoms with Crippen molar-refractivity contribution in [3.05, 3.63) is 71.9 Å². The van der Waals surface area contributed by atoms with Gasteiger partial charge >= 0.3 is 0 Å². The Kier molecular flexibility index (Phi) is 4.82. The number of aryl methyl sites for hydroxylation is 1. The van der Waals surface area contributed by atoms with Crippen LogP contribution in [-0.4, -0.2) is 23.6 Å². The molecule has 2 aromatic carbocycles. The van der Waals surface area contributed by atoms with Gasteiger partial charge in [0.1, 0.15) is 5.82 Å². The quantitative estimate of drug-likeness (QED) is 0.548. The second kappa shape index (κ2) is 7.41. The van der Waals surface area contributed by atoms with E-state index < -0.39 is 0 Å². The van der Waals surface area contributed by atoms with Crippen LogP contribution in [-0.2, 0) is 19.6 Å². The summed E-state index contributed by atoms with van der Waals surface area (Å²) in [5.41, 5.74) is 5.13. The molecular weight excluding hydrogens is 332 g/mol. The van der Waals surface area contributed by atoms with Gasteiger partial charge in [-0.05, 0) is 42.3 Å². The lowest BCUT2D eigenvalue weighted by atomic mass is 10.1. The lowest BCUT2D eigenvalue weighted by Gasteiger charge is -2.11. The highest BCUT2D eigenvalue weighted by Gasteiger charge is 2.09. The number of para-hydroxylation sites is 1. The first kappa shape index (κ1) is 17.6. The molecule has 0 bridgehead atoms. The zero-order chi connectivity index (χ0) is 18.8. The summed E-state index contributed by atoms with van der Waals surface area (Å²) in [5, 5.41) is 6.21. The van der Waals surface area contributed by atoms with Crippen LogP contribution in [0.2, 0.25) is 0 Å². The summed E-state index contributed by atoms with van der Waals surface area (Å²) in [6.45, 7) is 4.85. The number of rotatable bonds is 6. The van der Waals surface area contributed by atoms with Gasteiger partial charge in [-0.1, -0.05) is 30.3 Å². The van der Waals surface area contributed by atoms with Crippen LogP contribution in [0.3, 0.4) is 0 Å².